The molecule has 4 rings (SSSR count). The molecular formula is C16H13FO. The fraction of sp³-hybridized carbons (Fsp3) is 0.250. The zero-order valence-corrected chi connectivity index (χ0v) is 9.95. The molecule has 0 saturated heterocycles. The molecule has 1 aliphatic carbocycles. The van der Waals surface area contributed by atoms with Crippen LogP contribution in [-0.2, 0) is 13.0 Å². The summed E-state index contributed by atoms with van der Waals surface area (Å²) in [7, 11) is 0. The van der Waals surface area contributed by atoms with Crippen LogP contribution in [0.25, 0.3) is 0 Å². The van der Waals surface area contributed by atoms with Gasteiger partial charge in [-0.05, 0) is 53.8 Å². The summed E-state index contributed by atoms with van der Waals surface area (Å²) < 4.78 is 18.5. The average Bonchev–Trinajstić information content (AvgIpc) is 2.74. The molecule has 18 heavy (non-hydrogen) atoms. The lowest BCUT2D eigenvalue weighted by Crippen LogP contribution is -2.10. The van der Waals surface area contributed by atoms with Crippen LogP contribution in [0.2, 0.25) is 0 Å². The van der Waals surface area contributed by atoms with E-state index >= 15 is 0 Å². The SMILES string of the molecule is Fc1ccc2c(c1)CCC2c1ccc2c(c1)CO2. The number of rotatable bonds is 1. The largest absolute Gasteiger partial charge is 0.488 e. The van der Waals surface area contributed by atoms with Gasteiger partial charge in [-0.3, -0.25) is 0 Å². The maximum atomic E-state index is 13.2. The van der Waals surface area contributed by atoms with E-state index in [0.717, 1.165) is 25.2 Å². The van der Waals surface area contributed by atoms with E-state index in [1.165, 1.54) is 22.3 Å². The first-order chi connectivity index (χ1) is 8.81. The van der Waals surface area contributed by atoms with E-state index in [1.807, 2.05) is 6.07 Å². The Morgan fingerprint density at radius 2 is 2.00 bits per heavy atom. The molecule has 2 aromatic carbocycles. The van der Waals surface area contributed by atoms with E-state index in [0.29, 0.717) is 5.92 Å². The van der Waals surface area contributed by atoms with Gasteiger partial charge in [-0.15, -0.1) is 0 Å². The molecule has 0 radical (unpaired) electrons. The first kappa shape index (κ1) is 10.1. The lowest BCUT2D eigenvalue weighted by Gasteiger charge is -2.22. The average molecular weight is 240 g/mol. The van der Waals surface area contributed by atoms with Gasteiger partial charge in [0.2, 0.25) is 0 Å². The van der Waals surface area contributed by atoms with Crippen LogP contribution >= 0.6 is 0 Å². The molecule has 0 fully saturated rings. The molecule has 2 heteroatoms. The quantitative estimate of drug-likeness (QED) is 0.736. The normalized spacial score (nSPS) is 19.7. The Labute approximate surface area is 105 Å². The molecule has 0 saturated carbocycles. The van der Waals surface area contributed by atoms with Crippen molar-refractivity contribution < 1.29 is 9.13 Å². The van der Waals surface area contributed by atoms with Crippen LogP contribution in [0.5, 0.6) is 5.75 Å². The number of benzene rings is 2. The molecule has 0 N–H and O–H groups in total. The molecule has 2 aromatic rings. The third kappa shape index (κ3) is 1.38. The standard InChI is InChI=1S/C16H13FO/c17-13-3-5-15-11(8-13)1-4-14(15)10-2-6-16-12(7-10)9-18-16/h2-3,5-8,14H,1,4,9H2. The minimum Gasteiger partial charge on any atom is -0.488 e. The summed E-state index contributed by atoms with van der Waals surface area (Å²) in [5.41, 5.74) is 5.08. The monoisotopic (exact) mass is 240 g/mol. The summed E-state index contributed by atoms with van der Waals surface area (Å²) in [6.07, 6.45) is 2.06. The van der Waals surface area contributed by atoms with Crippen molar-refractivity contribution in [2.24, 2.45) is 0 Å². The number of hydrogen-bond acceptors (Lipinski definition) is 1. The van der Waals surface area contributed by atoms with E-state index in [9.17, 15) is 4.39 Å². The highest BCUT2D eigenvalue weighted by Gasteiger charge is 2.26. The summed E-state index contributed by atoms with van der Waals surface area (Å²) in [4.78, 5) is 0. The van der Waals surface area contributed by atoms with Crippen LogP contribution in [0.4, 0.5) is 4.39 Å². The fourth-order valence-electron chi connectivity index (χ4n) is 3.08. The van der Waals surface area contributed by atoms with Gasteiger partial charge in [0.05, 0.1) is 0 Å². The van der Waals surface area contributed by atoms with Crippen LogP contribution in [-0.4, -0.2) is 0 Å². The number of ether oxygens (including phenoxy) is 1. The highest BCUT2D eigenvalue weighted by atomic mass is 19.1. The molecule has 0 aromatic heterocycles. The van der Waals surface area contributed by atoms with Gasteiger partial charge in [0.1, 0.15) is 18.2 Å². The third-order valence-electron chi connectivity index (χ3n) is 4.05. The minimum absolute atomic E-state index is 0.125. The minimum atomic E-state index is -0.125. The van der Waals surface area contributed by atoms with Gasteiger partial charge in [0, 0.05) is 11.5 Å². The Kier molecular flexibility index (Phi) is 2.01. The molecular weight excluding hydrogens is 227 g/mol. The lowest BCUT2D eigenvalue weighted by molar-refractivity contribution is 0.243. The number of aryl methyl sites for hydroxylation is 1. The Balaban J connectivity index is 1.77. The second-order valence-electron chi connectivity index (χ2n) is 5.09. The van der Waals surface area contributed by atoms with Gasteiger partial charge in [-0.25, -0.2) is 4.39 Å². The van der Waals surface area contributed by atoms with Crippen molar-refractivity contribution >= 4 is 0 Å². The van der Waals surface area contributed by atoms with Gasteiger partial charge in [-0.2, -0.15) is 0 Å². The van der Waals surface area contributed by atoms with Crippen molar-refractivity contribution in [3.8, 4) is 5.75 Å². The van der Waals surface area contributed by atoms with Crippen LogP contribution in [0.1, 0.15) is 34.6 Å². The molecule has 0 amide bonds. The molecule has 1 unspecified atom stereocenters. The predicted octanol–water partition coefficient (Wildman–Crippen LogP) is 3.80. The Morgan fingerprint density at radius 3 is 2.78 bits per heavy atom. The Hall–Kier alpha value is -1.83. The Morgan fingerprint density at radius 1 is 1.06 bits per heavy atom. The van der Waals surface area contributed by atoms with Gasteiger partial charge in [-0.1, -0.05) is 12.1 Å². The predicted molar refractivity (Wildman–Crippen MR) is 67.3 cm³/mol. The summed E-state index contributed by atoms with van der Waals surface area (Å²) >= 11 is 0. The first-order valence-corrected chi connectivity index (χ1v) is 6.35. The van der Waals surface area contributed by atoms with Crippen molar-refractivity contribution in [2.75, 3.05) is 0 Å². The highest BCUT2D eigenvalue weighted by molar-refractivity contribution is 5.48. The second kappa shape index (κ2) is 3.58. The van der Waals surface area contributed by atoms with E-state index in [4.69, 9.17) is 4.74 Å². The van der Waals surface area contributed by atoms with Gasteiger partial charge >= 0.3 is 0 Å². The number of hydrogen-bond donors (Lipinski definition) is 0. The van der Waals surface area contributed by atoms with Crippen LogP contribution < -0.4 is 4.74 Å². The van der Waals surface area contributed by atoms with Gasteiger partial charge in [0.25, 0.3) is 0 Å². The number of halogens is 1. The van der Waals surface area contributed by atoms with Crippen molar-refractivity contribution in [1.29, 1.82) is 0 Å². The van der Waals surface area contributed by atoms with Crippen molar-refractivity contribution in [3.05, 3.63) is 64.5 Å². The van der Waals surface area contributed by atoms with E-state index in [-0.39, 0.29) is 5.82 Å². The molecule has 1 aliphatic heterocycles. The van der Waals surface area contributed by atoms with Gasteiger partial charge < -0.3 is 4.74 Å². The molecule has 1 atom stereocenters. The van der Waals surface area contributed by atoms with Crippen molar-refractivity contribution in [3.63, 3.8) is 0 Å². The summed E-state index contributed by atoms with van der Waals surface area (Å²) in [5, 5.41) is 0. The smallest absolute Gasteiger partial charge is 0.126 e. The Bertz CT molecular complexity index is 633. The summed E-state index contributed by atoms with van der Waals surface area (Å²) in [6.45, 7) is 0.728. The third-order valence-corrected chi connectivity index (χ3v) is 4.05. The summed E-state index contributed by atoms with van der Waals surface area (Å²) in [5.74, 6) is 1.31. The zero-order valence-electron chi connectivity index (χ0n) is 9.95. The maximum absolute atomic E-state index is 13.2. The molecule has 0 spiro atoms. The van der Waals surface area contributed by atoms with E-state index < -0.39 is 0 Å². The molecule has 90 valence electrons. The molecule has 1 heterocycles. The van der Waals surface area contributed by atoms with Crippen LogP contribution in [0, 0.1) is 5.82 Å². The second-order valence-corrected chi connectivity index (χ2v) is 5.09. The van der Waals surface area contributed by atoms with Crippen LogP contribution in [0.15, 0.2) is 36.4 Å². The van der Waals surface area contributed by atoms with Crippen molar-refractivity contribution in [1.82, 2.24) is 0 Å². The van der Waals surface area contributed by atoms with Crippen LogP contribution in [0.3, 0.4) is 0 Å². The fourth-order valence-corrected chi connectivity index (χ4v) is 3.08. The van der Waals surface area contributed by atoms with E-state index in [2.05, 4.69) is 18.2 Å². The molecule has 0 bridgehead atoms. The zero-order chi connectivity index (χ0) is 12.1. The first-order valence-electron chi connectivity index (χ1n) is 6.35. The van der Waals surface area contributed by atoms with Gasteiger partial charge in [0.15, 0.2) is 0 Å². The van der Waals surface area contributed by atoms with E-state index in [1.54, 1.807) is 12.1 Å². The molecule has 1 nitrogen and oxygen atoms in total. The lowest BCUT2D eigenvalue weighted by atomic mass is 9.91. The molecule has 2 aliphatic rings. The number of fused-ring (bicyclic) bond motifs is 2. The summed E-state index contributed by atoms with van der Waals surface area (Å²) in [6, 6.07) is 11.6. The highest BCUT2D eigenvalue weighted by Crippen LogP contribution is 2.40. The maximum Gasteiger partial charge on any atom is 0.126 e. The van der Waals surface area contributed by atoms with Crippen molar-refractivity contribution in [2.45, 2.75) is 25.4 Å². The topological polar surface area (TPSA) is 9.23 Å².